The standard InChI is InChI=1S/C20H25N5O3/c1-13-10-22-20(23-11-15-4-5-16(26-2)8-18(15)27-3)25-19(13)24-17-12-28-7-6-14(17)9-21/h4-5,8,10,14,17H,6-7,11-12H2,1-3H3,(H2,22,23,24,25). The van der Waals surface area contributed by atoms with Crippen molar-refractivity contribution in [3.05, 3.63) is 35.5 Å². The van der Waals surface area contributed by atoms with Crippen LogP contribution in [0, 0.1) is 24.2 Å². The summed E-state index contributed by atoms with van der Waals surface area (Å²) >= 11 is 0. The molecule has 0 bridgehead atoms. The van der Waals surface area contributed by atoms with Crippen LogP contribution in [-0.4, -0.2) is 43.4 Å². The maximum Gasteiger partial charge on any atom is 0.224 e. The summed E-state index contributed by atoms with van der Waals surface area (Å²) in [6, 6.07) is 7.93. The third kappa shape index (κ3) is 4.61. The number of hydrogen-bond donors (Lipinski definition) is 2. The van der Waals surface area contributed by atoms with Crippen molar-refractivity contribution in [2.75, 3.05) is 38.1 Å². The molecule has 148 valence electrons. The number of aryl methyl sites for hydroxylation is 1. The highest BCUT2D eigenvalue weighted by atomic mass is 16.5. The normalized spacial score (nSPS) is 18.8. The molecule has 1 aromatic heterocycles. The highest BCUT2D eigenvalue weighted by Crippen LogP contribution is 2.25. The molecular weight excluding hydrogens is 358 g/mol. The van der Waals surface area contributed by atoms with Crippen LogP contribution >= 0.6 is 0 Å². The lowest BCUT2D eigenvalue weighted by Crippen LogP contribution is -2.38. The van der Waals surface area contributed by atoms with Gasteiger partial charge in [0.05, 0.1) is 38.9 Å². The van der Waals surface area contributed by atoms with Gasteiger partial charge in [-0.2, -0.15) is 10.2 Å². The van der Waals surface area contributed by atoms with E-state index in [1.165, 1.54) is 0 Å². The first kappa shape index (κ1) is 19.7. The lowest BCUT2D eigenvalue weighted by molar-refractivity contribution is 0.0698. The molecule has 2 unspecified atom stereocenters. The molecule has 3 rings (SSSR count). The molecule has 0 aliphatic carbocycles. The van der Waals surface area contributed by atoms with Crippen molar-refractivity contribution < 1.29 is 14.2 Å². The summed E-state index contributed by atoms with van der Waals surface area (Å²) in [5.41, 5.74) is 1.88. The summed E-state index contributed by atoms with van der Waals surface area (Å²) in [6.07, 6.45) is 2.48. The predicted molar refractivity (Wildman–Crippen MR) is 106 cm³/mol. The molecule has 8 nitrogen and oxygen atoms in total. The Morgan fingerprint density at radius 2 is 2.18 bits per heavy atom. The molecule has 1 fully saturated rings. The van der Waals surface area contributed by atoms with Crippen LogP contribution in [0.3, 0.4) is 0 Å². The molecule has 1 aromatic carbocycles. The number of nitriles is 1. The van der Waals surface area contributed by atoms with Crippen molar-refractivity contribution in [1.82, 2.24) is 9.97 Å². The smallest absolute Gasteiger partial charge is 0.224 e. The number of anilines is 2. The molecule has 1 aliphatic rings. The van der Waals surface area contributed by atoms with E-state index in [4.69, 9.17) is 14.2 Å². The van der Waals surface area contributed by atoms with E-state index in [-0.39, 0.29) is 12.0 Å². The zero-order valence-electron chi connectivity index (χ0n) is 16.4. The minimum atomic E-state index is -0.0944. The van der Waals surface area contributed by atoms with Crippen LogP contribution in [0.25, 0.3) is 0 Å². The van der Waals surface area contributed by atoms with Gasteiger partial charge in [-0.3, -0.25) is 0 Å². The Bertz CT molecular complexity index is 852. The molecule has 2 aromatic rings. The number of nitrogens with one attached hydrogen (secondary N) is 2. The number of hydrogen-bond acceptors (Lipinski definition) is 8. The van der Waals surface area contributed by atoms with Gasteiger partial charge in [0.1, 0.15) is 17.3 Å². The second kappa shape index (κ2) is 9.24. The van der Waals surface area contributed by atoms with Crippen molar-refractivity contribution >= 4 is 11.8 Å². The monoisotopic (exact) mass is 383 g/mol. The van der Waals surface area contributed by atoms with E-state index < -0.39 is 0 Å². The van der Waals surface area contributed by atoms with Crippen molar-refractivity contribution in [2.45, 2.75) is 25.9 Å². The number of aromatic nitrogens is 2. The molecular formula is C20H25N5O3. The van der Waals surface area contributed by atoms with Crippen LogP contribution in [-0.2, 0) is 11.3 Å². The topological polar surface area (TPSA) is 101 Å². The van der Waals surface area contributed by atoms with Crippen LogP contribution in [0.1, 0.15) is 17.5 Å². The second-order valence-corrected chi connectivity index (χ2v) is 6.61. The maximum absolute atomic E-state index is 9.35. The van der Waals surface area contributed by atoms with Gasteiger partial charge in [-0.25, -0.2) is 4.98 Å². The van der Waals surface area contributed by atoms with Crippen molar-refractivity contribution in [3.63, 3.8) is 0 Å². The van der Waals surface area contributed by atoms with Crippen LogP contribution < -0.4 is 20.1 Å². The van der Waals surface area contributed by atoms with Gasteiger partial charge in [0.2, 0.25) is 5.95 Å². The summed E-state index contributed by atoms with van der Waals surface area (Å²) in [5.74, 6) is 2.57. The van der Waals surface area contributed by atoms with Gasteiger partial charge >= 0.3 is 0 Å². The molecule has 2 N–H and O–H groups in total. The van der Waals surface area contributed by atoms with Gasteiger partial charge in [-0.05, 0) is 25.5 Å². The van der Waals surface area contributed by atoms with Crippen LogP contribution in [0.5, 0.6) is 11.5 Å². The minimum absolute atomic E-state index is 0.0816. The van der Waals surface area contributed by atoms with Crippen LogP contribution in [0.4, 0.5) is 11.8 Å². The Morgan fingerprint density at radius 3 is 2.93 bits per heavy atom. The van der Waals surface area contributed by atoms with Crippen molar-refractivity contribution in [2.24, 2.45) is 5.92 Å². The quantitative estimate of drug-likeness (QED) is 0.753. The van der Waals surface area contributed by atoms with E-state index in [9.17, 15) is 5.26 Å². The molecule has 1 saturated heterocycles. The lowest BCUT2D eigenvalue weighted by Gasteiger charge is -2.28. The van der Waals surface area contributed by atoms with Gasteiger partial charge in [0.15, 0.2) is 0 Å². The van der Waals surface area contributed by atoms with E-state index in [2.05, 4.69) is 26.7 Å². The first-order chi connectivity index (χ1) is 13.6. The highest BCUT2D eigenvalue weighted by molar-refractivity contribution is 5.48. The number of nitrogens with zero attached hydrogens (tertiary/aromatic N) is 3. The number of rotatable bonds is 7. The fraction of sp³-hybridized carbons (Fsp3) is 0.450. The number of benzene rings is 1. The summed E-state index contributed by atoms with van der Waals surface area (Å²) in [5, 5.41) is 15.9. The minimum Gasteiger partial charge on any atom is -0.497 e. The first-order valence-corrected chi connectivity index (χ1v) is 9.17. The Labute approximate surface area is 164 Å². The number of methoxy groups -OCH3 is 2. The van der Waals surface area contributed by atoms with E-state index in [0.29, 0.717) is 31.5 Å². The van der Waals surface area contributed by atoms with Gasteiger partial charge in [0, 0.05) is 36.5 Å². The summed E-state index contributed by atoms with van der Waals surface area (Å²) in [6.45, 7) is 3.55. The zero-order chi connectivity index (χ0) is 19.9. The molecule has 0 amide bonds. The second-order valence-electron chi connectivity index (χ2n) is 6.61. The Hall–Kier alpha value is -3.05. The molecule has 8 heteroatoms. The zero-order valence-corrected chi connectivity index (χ0v) is 16.4. The van der Waals surface area contributed by atoms with Crippen molar-refractivity contribution in [1.29, 1.82) is 5.26 Å². The fourth-order valence-electron chi connectivity index (χ4n) is 3.06. The fourth-order valence-corrected chi connectivity index (χ4v) is 3.06. The highest BCUT2D eigenvalue weighted by Gasteiger charge is 2.26. The molecule has 0 spiro atoms. The molecule has 2 heterocycles. The average molecular weight is 383 g/mol. The summed E-state index contributed by atoms with van der Waals surface area (Å²) < 4.78 is 16.2. The average Bonchev–Trinajstić information content (AvgIpc) is 2.74. The van der Waals surface area contributed by atoms with Crippen LogP contribution in [0.2, 0.25) is 0 Å². The Morgan fingerprint density at radius 1 is 1.32 bits per heavy atom. The molecule has 28 heavy (non-hydrogen) atoms. The molecule has 2 atom stereocenters. The van der Waals surface area contributed by atoms with Gasteiger partial charge in [-0.1, -0.05) is 0 Å². The van der Waals surface area contributed by atoms with E-state index in [1.807, 2.05) is 25.1 Å². The predicted octanol–water partition coefficient (Wildman–Crippen LogP) is 2.75. The SMILES string of the molecule is COc1ccc(CNc2ncc(C)c(NC3COCCC3C#N)n2)c(OC)c1. The summed E-state index contributed by atoms with van der Waals surface area (Å²) in [7, 11) is 3.25. The number of ether oxygens (including phenoxy) is 3. The van der Waals surface area contributed by atoms with Gasteiger partial charge in [-0.15, -0.1) is 0 Å². The Balaban J connectivity index is 1.70. The summed E-state index contributed by atoms with van der Waals surface area (Å²) in [4.78, 5) is 8.93. The first-order valence-electron chi connectivity index (χ1n) is 9.17. The van der Waals surface area contributed by atoms with Crippen LogP contribution in [0.15, 0.2) is 24.4 Å². The van der Waals surface area contributed by atoms with Gasteiger partial charge < -0.3 is 24.8 Å². The van der Waals surface area contributed by atoms with E-state index in [1.54, 1.807) is 20.4 Å². The molecule has 0 radical (unpaired) electrons. The van der Waals surface area contributed by atoms with E-state index in [0.717, 1.165) is 29.0 Å². The largest absolute Gasteiger partial charge is 0.497 e. The third-order valence-corrected chi connectivity index (χ3v) is 4.75. The molecule has 1 aliphatic heterocycles. The third-order valence-electron chi connectivity index (χ3n) is 4.75. The van der Waals surface area contributed by atoms with E-state index >= 15 is 0 Å². The Kier molecular flexibility index (Phi) is 6.50. The lowest BCUT2D eigenvalue weighted by atomic mass is 9.96. The molecule has 0 saturated carbocycles. The van der Waals surface area contributed by atoms with Crippen molar-refractivity contribution in [3.8, 4) is 17.6 Å². The van der Waals surface area contributed by atoms with Gasteiger partial charge in [0.25, 0.3) is 0 Å². The maximum atomic E-state index is 9.35.